The summed E-state index contributed by atoms with van der Waals surface area (Å²) in [5, 5.41) is 0. The van der Waals surface area contributed by atoms with Gasteiger partial charge in [0.15, 0.2) is 28.6 Å². The number of nitrogens with one attached hydrogen (secondary N) is 2. The first-order valence-electron chi connectivity index (χ1n) is 12.7. The summed E-state index contributed by atoms with van der Waals surface area (Å²) in [4.78, 5) is 66.5. The van der Waals surface area contributed by atoms with Gasteiger partial charge in [0.2, 0.25) is 5.95 Å². The van der Waals surface area contributed by atoms with Crippen molar-refractivity contribution in [3.8, 4) is 0 Å². The molecule has 4 aromatic rings. The van der Waals surface area contributed by atoms with Gasteiger partial charge < -0.3 is 30.0 Å². The molecule has 2 bridgehead atoms. The molecule has 0 aliphatic carbocycles. The molecule has 0 aromatic carbocycles. The number of rotatable bonds is 2. The van der Waals surface area contributed by atoms with E-state index < -0.39 is 76.8 Å². The first-order valence-corrected chi connectivity index (χ1v) is 15.7. The number of phosphoric acid groups is 2. The van der Waals surface area contributed by atoms with Crippen LogP contribution >= 0.6 is 15.6 Å². The molecule has 3 saturated heterocycles. The lowest BCUT2D eigenvalue weighted by Crippen LogP contribution is -2.29. The molecule has 23 heteroatoms. The molecule has 0 amide bonds. The van der Waals surface area contributed by atoms with Crippen LogP contribution in [0.5, 0.6) is 0 Å². The maximum absolute atomic E-state index is 13.1. The van der Waals surface area contributed by atoms with Crippen molar-refractivity contribution in [1.82, 2.24) is 39.0 Å². The first kappa shape index (κ1) is 28.4. The number of aromatic amines is 2. The molecule has 3 aliphatic heterocycles. The molecule has 7 heterocycles. The molecular weight excluding hydrogens is 620 g/mol. The number of aromatic nitrogens is 8. The highest BCUT2D eigenvalue weighted by molar-refractivity contribution is 7.47. The lowest BCUT2D eigenvalue weighted by molar-refractivity contribution is -0.0668. The molecule has 8 atom stereocenters. The van der Waals surface area contributed by atoms with E-state index in [1.165, 1.54) is 28.1 Å². The van der Waals surface area contributed by atoms with Crippen LogP contribution in [0.3, 0.4) is 0 Å². The summed E-state index contributed by atoms with van der Waals surface area (Å²) >= 11 is 0. The van der Waals surface area contributed by atoms with Gasteiger partial charge in [-0.3, -0.25) is 41.8 Å². The van der Waals surface area contributed by atoms with E-state index in [1.54, 1.807) is 0 Å². The topological polar surface area (TPSA) is 283 Å². The molecule has 0 radical (unpaired) electrons. The number of H-pyrrole nitrogens is 2. The molecule has 7 rings (SSSR count). The zero-order valence-electron chi connectivity index (χ0n) is 21.7. The van der Waals surface area contributed by atoms with Crippen molar-refractivity contribution in [2.24, 2.45) is 0 Å². The minimum atomic E-state index is -4.84. The van der Waals surface area contributed by atoms with Gasteiger partial charge in [0.1, 0.15) is 24.5 Å². The summed E-state index contributed by atoms with van der Waals surface area (Å²) in [7, 11) is -9.59. The van der Waals surface area contributed by atoms with E-state index in [4.69, 9.17) is 33.3 Å². The quantitative estimate of drug-likeness (QED) is 0.171. The van der Waals surface area contributed by atoms with E-state index in [0.717, 1.165) is 0 Å². The highest BCUT2D eigenvalue weighted by atomic mass is 31.2. The number of ether oxygens (including phenoxy) is 2. The predicted molar refractivity (Wildman–Crippen MR) is 139 cm³/mol. The maximum atomic E-state index is 13.1. The molecule has 43 heavy (non-hydrogen) atoms. The van der Waals surface area contributed by atoms with Crippen LogP contribution in [0.4, 0.5) is 5.95 Å². The standard InChI is InChI=1S/C20H23N9O12P2/c21-20-26-16-14(18(31)27-20)25-7-29(16)19-10-1-8(38-19)3-36-42(32,33)40-9-2-12(39-11(9)4-37-43(34,35)41-10)28-6-24-13-15(28)22-5-23-17(13)30/h5-12,19H,1-4H2,(H,32,33)(H,34,35)(H,22,23,30)(H3,21,26,27,31)/t8-,9-,10+,11+,12+,19+/m0/s1. The average Bonchev–Trinajstić information content (AvgIpc) is 3.71. The van der Waals surface area contributed by atoms with E-state index in [2.05, 4.69) is 29.9 Å². The fourth-order valence-electron chi connectivity index (χ4n) is 5.25. The fraction of sp³-hybridized carbons (Fsp3) is 0.500. The normalized spacial score (nSPS) is 35.4. The SMILES string of the molecule is Nc1nc2c(ncn2[C@@H]2O[C@@H]3COP(=O)(O)O[C@H]4C[C@H](n5cnc6c(=O)[nH]cnc65)O[C@@H]4COP(=O)(O)O[C@@H]2C3)c(=O)[nH]1. The second-order valence-corrected chi connectivity index (χ2v) is 12.7. The molecule has 0 spiro atoms. The van der Waals surface area contributed by atoms with Crippen molar-refractivity contribution in [2.45, 2.75) is 49.7 Å². The summed E-state index contributed by atoms with van der Waals surface area (Å²) in [6.07, 6.45) is -3.04. The lowest BCUT2D eigenvalue weighted by atomic mass is 10.2. The number of phosphoric ester groups is 2. The van der Waals surface area contributed by atoms with Gasteiger partial charge in [-0.25, -0.2) is 24.1 Å². The molecule has 4 aromatic heterocycles. The van der Waals surface area contributed by atoms with Crippen molar-refractivity contribution in [3.05, 3.63) is 39.7 Å². The minimum absolute atomic E-state index is 0.00383. The van der Waals surface area contributed by atoms with E-state index in [-0.39, 0.29) is 41.1 Å². The largest absolute Gasteiger partial charge is 0.472 e. The number of hydrogen-bond donors (Lipinski definition) is 5. The number of fused-ring (bicyclic) bond motifs is 5. The van der Waals surface area contributed by atoms with Crippen molar-refractivity contribution in [2.75, 3.05) is 18.9 Å². The van der Waals surface area contributed by atoms with E-state index in [0.29, 0.717) is 0 Å². The fourth-order valence-corrected chi connectivity index (χ4v) is 7.15. The Kier molecular flexibility index (Phi) is 6.86. The summed E-state index contributed by atoms with van der Waals surface area (Å²) < 4.78 is 62.0. The molecule has 0 saturated carbocycles. The van der Waals surface area contributed by atoms with Crippen LogP contribution in [-0.4, -0.2) is 86.5 Å². The van der Waals surface area contributed by atoms with Crippen LogP contribution in [0.25, 0.3) is 22.3 Å². The molecule has 21 nitrogen and oxygen atoms in total. The van der Waals surface area contributed by atoms with Crippen molar-refractivity contribution in [1.29, 1.82) is 0 Å². The lowest BCUT2D eigenvalue weighted by Gasteiger charge is -2.25. The van der Waals surface area contributed by atoms with Crippen molar-refractivity contribution < 1.29 is 46.5 Å². The average molecular weight is 643 g/mol. The summed E-state index contributed by atoms with van der Waals surface area (Å²) in [5.41, 5.74) is 4.71. The van der Waals surface area contributed by atoms with Gasteiger partial charge in [-0.05, 0) is 0 Å². The van der Waals surface area contributed by atoms with Crippen LogP contribution in [0.1, 0.15) is 25.3 Å². The molecular formula is C20H23N9O12P2. The Balaban J connectivity index is 1.17. The Bertz CT molecular complexity index is 1920. The maximum Gasteiger partial charge on any atom is 0.472 e. The zero-order valence-corrected chi connectivity index (χ0v) is 23.4. The van der Waals surface area contributed by atoms with Crippen LogP contribution in [0.2, 0.25) is 0 Å². The zero-order chi connectivity index (χ0) is 30.1. The molecule has 230 valence electrons. The molecule has 3 fully saturated rings. The monoisotopic (exact) mass is 643 g/mol. The third kappa shape index (κ3) is 5.33. The number of nitrogens with zero attached hydrogens (tertiary/aromatic N) is 6. The smallest absolute Gasteiger partial charge is 0.369 e. The predicted octanol–water partition coefficient (Wildman–Crippen LogP) is -0.572. The van der Waals surface area contributed by atoms with Gasteiger partial charge in [-0.15, -0.1) is 0 Å². The number of anilines is 1. The Labute approximate surface area is 238 Å². The second kappa shape index (κ2) is 10.4. The Morgan fingerprint density at radius 1 is 0.860 bits per heavy atom. The van der Waals surface area contributed by atoms with Gasteiger partial charge >= 0.3 is 15.6 Å². The van der Waals surface area contributed by atoms with Gasteiger partial charge in [0.25, 0.3) is 11.1 Å². The number of imidazole rings is 2. The highest BCUT2D eigenvalue weighted by Gasteiger charge is 2.47. The second-order valence-electron chi connectivity index (χ2n) is 9.90. The van der Waals surface area contributed by atoms with Crippen LogP contribution in [0.15, 0.2) is 28.6 Å². The van der Waals surface area contributed by atoms with Crippen LogP contribution in [-0.2, 0) is 36.7 Å². The third-order valence-electron chi connectivity index (χ3n) is 7.09. The number of hydrogen-bond acceptors (Lipinski definition) is 15. The summed E-state index contributed by atoms with van der Waals surface area (Å²) in [6.45, 7) is -1.09. The van der Waals surface area contributed by atoms with E-state index >= 15 is 0 Å². The summed E-state index contributed by atoms with van der Waals surface area (Å²) in [5.74, 6) is -0.207. The highest BCUT2D eigenvalue weighted by Crippen LogP contribution is 2.53. The third-order valence-corrected chi connectivity index (χ3v) is 9.11. The number of nitrogens with two attached hydrogens (primary N) is 1. The van der Waals surface area contributed by atoms with Crippen LogP contribution in [0, 0.1) is 0 Å². The summed E-state index contributed by atoms with van der Waals surface area (Å²) in [6, 6.07) is 0. The Morgan fingerprint density at radius 3 is 2.35 bits per heavy atom. The van der Waals surface area contributed by atoms with Gasteiger partial charge in [-0.1, -0.05) is 0 Å². The Morgan fingerprint density at radius 2 is 1.56 bits per heavy atom. The van der Waals surface area contributed by atoms with Crippen molar-refractivity contribution >= 4 is 43.9 Å². The van der Waals surface area contributed by atoms with Gasteiger partial charge in [-0.2, -0.15) is 4.98 Å². The van der Waals surface area contributed by atoms with Crippen LogP contribution < -0.4 is 16.9 Å². The minimum Gasteiger partial charge on any atom is -0.369 e. The molecule has 3 aliphatic rings. The van der Waals surface area contributed by atoms with Crippen molar-refractivity contribution in [3.63, 3.8) is 0 Å². The first-order chi connectivity index (χ1) is 20.5. The van der Waals surface area contributed by atoms with E-state index in [1.807, 2.05) is 0 Å². The molecule has 6 N–H and O–H groups in total. The Hall–Kier alpha value is -3.36. The molecule has 2 unspecified atom stereocenters. The van der Waals surface area contributed by atoms with E-state index in [9.17, 15) is 28.5 Å². The van der Waals surface area contributed by atoms with Gasteiger partial charge in [0, 0.05) is 12.8 Å². The van der Waals surface area contributed by atoms with Gasteiger partial charge in [0.05, 0.1) is 38.3 Å². The number of nitrogen functional groups attached to an aromatic ring is 1.